The summed E-state index contributed by atoms with van der Waals surface area (Å²) in [5, 5.41) is 0. The minimum atomic E-state index is -0.102. The molecule has 0 fully saturated rings. The van der Waals surface area contributed by atoms with Gasteiger partial charge in [-0.1, -0.05) is 59.3 Å². The zero-order valence-corrected chi connectivity index (χ0v) is 17.9. The minimum Gasteiger partial charge on any atom is -0.463 e. The van der Waals surface area contributed by atoms with Crippen LogP contribution in [0, 0.1) is 5.92 Å². The number of esters is 1. The fourth-order valence-electron chi connectivity index (χ4n) is 2.89. The zero-order valence-electron chi connectivity index (χ0n) is 17.9. The van der Waals surface area contributed by atoms with E-state index in [2.05, 4.69) is 20.8 Å². The SMILES string of the molecule is CCCCCCC(C)OC(=O)CCCOCCOCC(CC)CCCC. The third kappa shape index (κ3) is 16.8. The summed E-state index contributed by atoms with van der Waals surface area (Å²) in [5.74, 6) is 0.572. The van der Waals surface area contributed by atoms with Crippen LogP contribution in [0.3, 0.4) is 0 Å². The van der Waals surface area contributed by atoms with Gasteiger partial charge in [0.15, 0.2) is 0 Å². The molecule has 2 atom stereocenters. The average Bonchev–Trinajstić information content (AvgIpc) is 2.63. The van der Waals surface area contributed by atoms with Crippen LogP contribution < -0.4 is 0 Å². The van der Waals surface area contributed by atoms with E-state index >= 15 is 0 Å². The first-order valence-corrected chi connectivity index (χ1v) is 11.0. The molecule has 0 aromatic carbocycles. The Hall–Kier alpha value is -0.610. The molecule has 0 saturated carbocycles. The van der Waals surface area contributed by atoms with Crippen LogP contribution in [0.5, 0.6) is 0 Å². The van der Waals surface area contributed by atoms with Crippen molar-refractivity contribution in [2.75, 3.05) is 26.4 Å². The van der Waals surface area contributed by atoms with Crippen LogP contribution in [0.4, 0.5) is 0 Å². The second-order valence-electron chi connectivity index (χ2n) is 7.36. The second kappa shape index (κ2) is 19.2. The highest BCUT2D eigenvalue weighted by atomic mass is 16.5. The largest absolute Gasteiger partial charge is 0.463 e. The Morgan fingerprint density at radius 1 is 0.808 bits per heavy atom. The first-order valence-electron chi connectivity index (χ1n) is 11.0. The summed E-state index contributed by atoms with van der Waals surface area (Å²) in [5.41, 5.74) is 0. The van der Waals surface area contributed by atoms with Gasteiger partial charge in [-0.25, -0.2) is 0 Å². The van der Waals surface area contributed by atoms with Gasteiger partial charge >= 0.3 is 5.97 Å². The molecule has 0 aromatic rings. The fraction of sp³-hybridized carbons (Fsp3) is 0.955. The molecule has 26 heavy (non-hydrogen) atoms. The van der Waals surface area contributed by atoms with Crippen LogP contribution in [0.2, 0.25) is 0 Å². The molecule has 156 valence electrons. The van der Waals surface area contributed by atoms with Gasteiger partial charge in [-0.3, -0.25) is 4.79 Å². The van der Waals surface area contributed by atoms with Gasteiger partial charge in [0.2, 0.25) is 0 Å². The lowest BCUT2D eigenvalue weighted by Gasteiger charge is -2.15. The lowest BCUT2D eigenvalue weighted by molar-refractivity contribution is -0.149. The normalized spacial score (nSPS) is 13.5. The quantitative estimate of drug-likeness (QED) is 0.209. The Morgan fingerprint density at radius 2 is 1.54 bits per heavy atom. The molecule has 0 aliphatic carbocycles. The first kappa shape index (κ1) is 25.4. The third-order valence-electron chi connectivity index (χ3n) is 4.74. The second-order valence-corrected chi connectivity index (χ2v) is 7.36. The third-order valence-corrected chi connectivity index (χ3v) is 4.74. The van der Waals surface area contributed by atoms with Gasteiger partial charge in [-0.15, -0.1) is 0 Å². The van der Waals surface area contributed by atoms with Crippen molar-refractivity contribution in [1.82, 2.24) is 0 Å². The van der Waals surface area contributed by atoms with E-state index in [1.807, 2.05) is 6.92 Å². The smallest absolute Gasteiger partial charge is 0.306 e. The monoisotopic (exact) mass is 372 g/mol. The number of unbranched alkanes of at least 4 members (excludes halogenated alkanes) is 4. The van der Waals surface area contributed by atoms with Crippen LogP contribution in [-0.4, -0.2) is 38.5 Å². The summed E-state index contributed by atoms with van der Waals surface area (Å²) in [6, 6.07) is 0. The summed E-state index contributed by atoms with van der Waals surface area (Å²) in [4.78, 5) is 11.8. The number of carbonyl (C=O) groups excluding carboxylic acids is 1. The minimum absolute atomic E-state index is 0.0351. The first-order chi connectivity index (χ1) is 12.6. The molecule has 0 aromatic heterocycles. The van der Waals surface area contributed by atoms with Crippen LogP contribution in [0.15, 0.2) is 0 Å². The maximum absolute atomic E-state index is 11.8. The van der Waals surface area contributed by atoms with E-state index in [0.29, 0.717) is 32.2 Å². The van der Waals surface area contributed by atoms with Crippen LogP contribution in [-0.2, 0) is 19.0 Å². The predicted molar refractivity (Wildman–Crippen MR) is 108 cm³/mol. The number of ether oxygens (including phenoxy) is 3. The van der Waals surface area contributed by atoms with Crippen LogP contribution in [0.1, 0.15) is 98.3 Å². The van der Waals surface area contributed by atoms with Gasteiger partial charge in [0.05, 0.1) is 19.3 Å². The number of hydrogen-bond acceptors (Lipinski definition) is 4. The Morgan fingerprint density at radius 3 is 2.23 bits per heavy atom. The lowest BCUT2D eigenvalue weighted by Crippen LogP contribution is -2.16. The Bertz CT molecular complexity index is 307. The van der Waals surface area contributed by atoms with Gasteiger partial charge in [0.25, 0.3) is 0 Å². The van der Waals surface area contributed by atoms with Crippen molar-refractivity contribution in [2.24, 2.45) is 5.92 Å². The van der Waals surface area contributed by atoms with E-state index in [0.717, 1.165) is 25.9 Å². The van der Waals surface area contributed by atoms with E-state index in [-0.39, 0.29) is 12.1 Å². The Kier molecular flexibility index (Phi) is 18.7. The summed E-state index contributed by atoms with van der Waals surface area (Å²) in [6.45, 7) is 11.3. The molecule has 0 aliphatic rings. The summed E-state index contributed by atoms with van der Waals surface area (Å²) < 4.78 is 16.7. The highest BCUT2D eigenvalue weighted by Crippen LogP contribution is 2.12. The topological polar surface area (TPSA) is 44.8 Å². The molecule has 0 radical (unpaired) electrons. The van der Waals surface area contributed by atoms with E-state index in [1.54, 1.807) is 0 Å². The van der Waals surface area contributed by atoms with E-state index in [1.165, 1.54) is 44.9 Å². The average molecular weight is 373 g/mol. The van der Waals surface area contributed by atoms with Crippen molar-refractivity contribution < 1.29 is 19.0 Å². The van der Waals surface area contributed by atoms with Crippen molar-refractivity contribution in [1.29, 1.82) is 0 Å². The molecule has 0 rings (SSSR count). The van der Waals surface area contributed by atoms with Crippen LogP contribution in [0.25, 0.3) is 0 Å². The van der Waals surface area contributed by atoms with Crippen LogP contribution >= 0.6 is 0 Å². The van der Waals surface area contributed by atoms with Gasteiger partial charge in [0.1, 0.15) is 0 Å². The van der Waals surface area contributed by atoms with Gasteiger partial charge in [-0.2, -0.15) is 0 Å². The number of hydrogen-bond donors (Lipinski definition) is 0. The highest BCUT2D eigenvalue weighted by molar-refractivity contribution is 5.69. The molecule has 0 spiro atoms. The lowest BCUT2D eigenvalue weighted by atomic mass is 10.0. The highest BCUT2D eigenvalue weighted by Gasteiger charge is 2.09. The Labute approximate surface area is 162 Å². The van der Waals surface area contributed by atoms with Crippen molar-refractivity contribution in [3.63, 3.8) is 0 Å². The molecule has 0 bridgehead atoms. The summed E-state index contributed by atoms with van der Waals surface area (Å²) in [6.07, 6.45) is 12.0. The molecule has 2 unspecified atom stereocenters. The van der Waals surface area contributed by atoms with Crippen molar-refractivity contribution in [3.8, 4) is 0 Å². The number of rotatable bonds is 19. The molecule has 0 saturated heterocycles. The van der Waals surface area contributed by atoms with E-state index < -0.39 is 0 Å². The van der Waals surface area contributed by atoms with Crippen molar-refractivity contribution in [2.45, 2.75) is 104 Å². The Balaban J connectivity index is 3.44. The maximum Gasteiger partial charge on any atom is 0.306 e. The van der Waals surface area contributed by atoms with Gasteiger partial charge in [0, 0.05) is 19.6 Å². The molecule has 0 aliphatic heterocycles. The number of carbonyl (C=O) groups is 1. The van der Waals surface area contributed by atoms with Gasteiger partial charge in [-0.05, 0) is 38.5 Å². The van der Waals surface area contributed by atoms with E-state index in [9.17, 15) is 4.79 Å². The maximum atomic E-state index is 11.8. The summed E-state index contributed by atoms with van der Waals surface area (Å²) in [7, 11) is 0. The fourth-order valence-corrected chi connectivity index (χ4v) is 2.89. The molecule has 0 N–H and O–H groups in total. The predicted octanol–water partition coefficient (Wildman–Crippen LogP) is 5.92. The molecular formula is C22H44O4. The molecular weight excluding hydrogens is 328 g/mol. The van der Waals surface area contributed by atoms with Crippen molar-refractivity contribution >= 4 is 5.97 Å². The zero-order chi connectivity index (χ0) is 19.5. The molecule has 4 heteroatoms. The van der Waals surface area contributed by atoms with E-state index in [4.69, 9.17) is 14.2 Å². The standard InChI is InChI=1S/C22H44O4/c1-5-8-10-11-13-20(4)26-22(23)15-12-16-24-17-18-25-19-21(7-3)14-9-6-2/h20-21H,5-19H2,1-4H3. The van der Waals surface area contributed by atoms with Crippen molar-refractivity contribution in [3.05, 3.63) is 0 Å². The molecule has 4 nitrogen and oxygen atoms in total. The molecule has 0 amide bonds. The molecule has 0 heterocycles. The van der Waals surface area contributed by atoms with Gasteiger partial charge < -0.3 is 14.2 Å². The summed E-state index contributed by atoms with van der Waals surface area (Å²) >= 11 is 0.